The van der Waals surface area contributed by atoms with Crippen molar-refractivity contribution < 1.29 is 4.74 Å². The fourth-order valence-corrected chi connectivity index (χ4v) is 3.06. The molecule has 3 rings (SSSR count). The quantitative estimate of drug-likeness (QED) is 0.887. The number of hydrogen-bond donors (Lipinski definition) is 1. The summed E-state index contributed by atoms with van der Waals surface area (Å²) in [6.45, 7) is 0. The summed E-state index contributed by atoms with van der Waals surface area (Å²) >= 11 is 0. The number of methoxy groups -OCH3 is 1. The fraction of sp³-hybridized carbons (Fsp3) is 0.412. The molecule has 1 fully saturated rings. The first-order valence-corrected chi connectivity index (χ1v) is 7.14. The third-order valence-electron chi connectivity index (χ3n) is 4.11. The molecule has 1 aliphatic rings. The molecule has 0 aromatic heterocycles. The second-order valence-electron chi connectivity index (χ2n) is 5.39. The van der Waals surface area contributed by atoms with Crippen molar-refractivity contribution in [1.29, 1.82) is 0 Å². The minimum atomic E-state index is 0.418. The average Bonchev–Trinajstić information content (AvgIpc) is 2.48. The summed E-state index contributed by atoms with van der Waals surface area (Å²) in [5, 5.41) is 6.32. The van der Waals surface area contributed by atoms with Gasteiger partial charge in [-0.3, -0.25) is 0 Å². The average molecular weight is 255 g/mol. The number of ether oxygens (including phenoxy) is 1. The van der Waals surface area contributed by atoms with Crippen molar-refractivity contribution >= 4 is 16.5 Å². The number of benzene rings is 2. The van der Waals surface area contributed by atoms with Gasteiger partial charge in [0.15, 0.2) is 0 Å². The van der Waals surface area contributed by atoms with Gasteiger partial charge in [-0.25, -0.2) is 0 Å². The van der Waals surface area contributed by atoms with E-state index >= 15 is 0 Å². The minimum absolute atomic E-state index is 0.418. The third kappa shape index (κ3) is 2.74. The van der Waals surface area contributed by atoms with Crippen LogP contribution >= 0.6 is 0 Å². The van der Waals surface area contributed by atoms with Crippen LogP contribution in [-0.2, 0) is 4.74 Å². The highest BCUT2D eigenvalue weighted by atomic mass is 16.5. The molecule has 2 aromatic rings. The molecule has 2 atom stereocenters. The molecule has 2 nitrogen and oxygen atoms in total. The van der Waals surface area contributed by atoms with Gasteiger partial charge in [-0.1, -0.05) is 36.4 Å². The monoisotopic (exact) mass is 255 g/mol. The molecule has 100 valence electrons. The predicted molar refractivity (Wildman–Crippen MR) is 80.6 cm³/mol. The molecular weight excluding hydrogens is 234 g/mol. The van der Waals surface area contributed by atoms with E-state index in [0.717, 1.165) is 6.42 Å². The van der Waals surface area contributed by atoms with E-state index in [9.17, 15) is 0 Å². The topological polar surface area (TPSA) is 21.3 Å². The van der Waals surface area contributed by atoms with Crippen LogP contribution < -0.4 is 5.32 Å². The lowest BCUT2D eigenvalue weighted by Crippen LogP contribution is -2.31. The first-order valence-electron chi connectivity index (χ1n) is 7.14. The van der Waals surface area contributed by atoms with E-state index in [1.165, 1.54) is 35.7 Å². The molecular formula is C17H21NO. The standard InChI is InChI=1S/C17H21NO/c1-19-15-9-5-8-14(12-15)18-17-11-4-7-13-6-2-3-10-16(13)17/h2-4,6-7,10-11,14-15,18H,5,8-9,12H2,1H3. The van der Waals surface area contributed by atoms with Gasteiger partial charge < -0.3 is 10.1 Å². The predicted octanol–water partition coefficient (Wildman–Crippen LogP) is 4.21. The molecule has 19 heavy (non-hydrogen) atoms. The number of fused-ring (bicyclic) bond motifs is 1. The zero-order chi connectivity index (χ0) is 13.1. The van der Waals surface area contributed by atoms with E-state index in [2.05, 4.69) is 47.8 Å². The molecule has 0 heterocycles. The van der Waals surface area contributed by atoms with Crippen LogP contribution in [-0.4, -0.2) is 19.3 Å². The first-order chi connectivity index (χ1) is 9.36. The molecule has 0 spiro atoms. The van der Waals surface area contributed by atoms with Crippen LogP contribution in [0.3, 0.4) is 0 Å². The molecule has 2 aromatic carbocycles. The Morgan fingerprint density at radius 2 is 1.89 bits per heavy atom. The Balaban J connectivity index is 1.81. The molecule has 1 aliphatic carbocycles. The van der Waals surface area contributed by atoms with E-state index < -0.39 is 0 Å². The van der Waals surface area contributed by atoms with Gasteiger partial charge in [0, 0.05) is 24.2 Å². The van der Waals surface area contributed by atoms with Crippen molar-refractivity contribution in [2.75, 3.05) is 12.4 Å². The van der Waals surface area contributed by atoms with Crippen molar-refractivity contribution in [3.05, 3.63) is 42.5 Å². The Bertz CT molecular complexity index is 546. The van der Waals surface area contributed by atoms with Crippen LogP contribution in [0.5, 0.6) is 0 Å². The first kappa shape index (κ1) is 12.5. The zero-order valence-electron chi connectivity index (χ0n) is 11.4. The van der Waals surface area contributed by atoms with Crippen LogP contribution in [0.25, 0.3) is 10.8 Å². The second kappa shape index (κ2) is 5.62. The molecule has 0 bridgehead atoms. The van der Waals surface area contributed by atoms with Crippen LogP contribution in [0.4, 0.5) is 5.69 Å². The van der Waals surface area contributed by atoms with Gasteiger partial charge >= 0.3 is 0 Å². The summed E-state index contributed by atoms with van der Waals surface area (Å²) in [5.74, 6) is 0. The summed E-state index contributed by atoms with van der Waals surface area (Å²) in [6.07, 6.45) is 5.22. The van der Waals surface area contributed by atoms with Crippen LogP contribution in [0.1, 0.15) is 25.7 Å². The van der Waals surface area contributed by atoms with E-state index in [1.807, 2.05) is 7.11 Å². The molecule has 0 saturated heterocycles. The van der Waals surface area contributed by atoms with Crippen molar-refractivity contribution in [2.45, 2.75) is 37.8 Å². The van der Waals surface area contributed by atoms with Gasteiger partial charge in [-0.05, 0) is 37.1 Å². The maximum Gasteiger partial charge on any atom is 0.0590 e. The lowest BCUT2D eigenvalue weighted by Gasteiger charge is -2.30. The van der Waals surface area contributed by atoms with Gasteiger partial charge in [0.2, 0.25) is 0 Å². The van der Waals surface area contributed by atoms with Gasteiger partial charge in [0.1, 0.15) is 0 Å². The number of hydrogen-bond acceptors (Lipinski definition) is 2. The fourth-order valence-electron chi connectivity index (χ4n) is 3.06. The lowest BCUT2D eigenvalue weighted by atomic mass is 9.92. The normalized spacial score (nSPS) is 23.4. The highest BCUT2D eigenvalue weighted by molar-refractivity contribution is 5.93. The highest BCUT2D eigenvalue weighted by Gasteiger charge is 2.21. The van der Waals surface area contributed by atoms with Gasteiger partial charge in [-0.2, -0.15) is 0 Å². The maximum atomic E-state index is 5.51. The van der Waals surface area contributed by atoms with E-state index in [1.54, 1.807) is 0 Å². The van der Waals surface area contributed by atoms with Gasteiger partial charge in [-0.15, -0.1) is 0 Å². The molecule has 1 N–H and O–H groups in total. The minimum Gasteiger partial charge on any atom is -0.382 e. The van der Waals surface area contributed by atoms with E-state index in [-0.39, 0.29) is 0 Å². The highest BCUT2D eigenvalue weighted by Crippen LogP contribution is 2.28. The summed E-state index contributed by atoms with van der Waals surface area (Å²) in [5.41, 5.74) is 1.25. The maximum absolute atomic E-state index is 5.51. The molecule has 2 heteroatoms. The largest absolute Gasteiger partial charge is 0.382 e. The van der Waals surface area contributed by atoms with Crippen molar-refractivity contribution in [3.63, 3.8) is 0 Å². The molecule has 0 amide bonds. The van der Waals surface area contributed by atoms with Crippen LogP contribution in [0.15, 0.2) is 42.5 Å². The van der Waals surface area contributed by atoms with Crippen LogP contribution in [0, 0.1) is 0 Å². The second-order valence-corrected chi connectivity index (χ2v) is 5.39. The van der Waals surface area contributed by atoms with E-state index in [4.69, 9.17) is 4.74 Å². The van der Waals surface area contributed by atoms with Gasteiger partial charge in [0.25, 0.3) is 0 Å². The number of rotatable bonds is 3. The summed E-state index contributed by atoms with van der Waals surface area (Å²) in [6, 6.07) is 15.6. The Morgan fingerprint density at radius 3 is 2.79 bits per heavy atom. The number of nitrogens with one attached hydrogen (secondary N) is 1. The summed E-state index contributed by atoms with van der Waals surface area (Å²) in [4.78, 5) is 0. The summed E-state index contributed by atoms with van der Waals surface area (Å²) < 4.78 is 5.51. The SMILES string of the molecule is COC1CCCC(Nc2cccc3ccccc23)C1. The van der Waals surface area contributed by atoms with Crippen molar-refractivity contribution in [3.8, 4) is 0 Å². The smallest absolute Gasteiger partial charge is 0.0590 e. The Hall–Kier alpha value is -1.54. The van der Waals surface area contributed by atoms with Crippen LogP contribution in [0.2, 0.25) is 0 Å². The molecule has 0 radical (unpaired) electrons. The van der Waals surface area contributed by atoms with Crippen molar-refractivity contribution in [2.24, 2.45) is 0 Å². The molecule has 2 unspecified atom stereocenters. The Morgan fingerprint density at radius 1 is 1.05 bits per heavy atom. The Kier molecular flexibility index (Phi) is 3.69. The molecule has 0 aliphatic heterocycles. The third-order valence-corrected chi connectivity index (χ3v) is 4.11. The van der Waals surface area contributed by atoms with Crippen molar-refractivity contribution in [1.82, 2.24) is 0 Å². The Labute approximate surface area is 114 Å². The van der Waals surface area contributed by atoms with Gasteiger partial charge in [0.05, 0.1) is 6.10 Å². The zero-order valence-corrected chi connectivity index (χ0v) is 11.4. The molecule has 1 saturated carbocycles. The van der Waals surface area contributed by atoms with E-state index in [0.29, 0.717) is 12.1 Å². The lowest BCUT2D eigenvalue weighted by molar-refractivity contribution is 0.0669. The number of anilines is 1. The summed E-state index contributed by atoms with van der Waals surface area (Å²) in [7, 11) is 1.82.